The third-order valence-electron chi connectivity index (χ3n) is 3.93. The van der Waals surface area contributed by atoms with Crippen molar-refractivity contribution in [2.24, 2.45) is 0 Å². The zero-order valence-corrected chi connectivity index (χ0v) is 13.9. The first kappa shape index (κ1) is 18.4. The van der Waals surface area contributed by atoms with E-state index in [9.17, 15) is 13.2 Å². The quantitative estimate of drug-likeness (QED) is 0.681. The predicted molar refractivity (Wildman–Crippen MR) is 82.3 cm³/mol. The van der Waals surface area contributed by atoms with E-state index in [1.54, 1.807) is 0 Å². The van der Waals surface area contributed by atoms with Crippen LogP contribution in [0.1, 0.15) is 65.2 Å². The summed E-state index contributed by atoms with van der Waals surface area (Å²) < 4.78 is 29.3. The fourth-order valence-corrected chi connectivity index (χ4v) is 4.82. The predicted octanol–water partition coefficient (Wildman–Crippen LogP) is 2.12. The van der Waals surface area contributed by atoms with E-state index >= 15 is 0 Å². The standard InChI is InChI=1S/C14H28N2O4S/c1-3-10-16(11-4-2)21(19,20)15-14(12-13(17)18)8-6-5-7-9-14/h15H,3-12H2,1-2H3,(H,17,18). The molecule has 1 saturated carbocycles. The Kier molecular flexibility index (Phi) is 7.09. The van der Waals surface area contributed by atoms with Crippen LogP contribution in [0.5, 0.6) is 0 Å². The molecule has 6 nitrogen and oxygen atoms in total. The summed E-state index contributed by atoms with van der Waals surface area (Å²) in [5.41, 5.74) is -0.817. The van der Waals surface area contributed by atoms with Crippen LogP contribution in [0.3, 0.4) is 0 Å². The molecule has 0 spiro atoms. The van der Waals surface area contributed by atoms with Crippen molar-refractivity contribution >= 4 is 16.2 Å². The first-order chi connectivity index (χ1) is 9.85. The van der Waals surface area contributed by atoms with Crippen LogP contribution in [0.15, 0.2) is 0 Å². The van der Waals surface area contributed by atoms with Crippen molar-refractivity contribution in [3.05, 3.63) is 0 Å². The Labute approximate surface area is 128 Å². The van der Waals surface area contributed by atoms with Gasteiger partial charge in [-0.3, -0.25) is 4.79 Å². The molecule has 0 atom stereocenters. The third-order valence-corrected chi connectivity index (χ3v) is 5.67. The van der Waals surface area contributed by atoms with Crippen LogP contribution in [-0.4, -0.2) is 42.4 Å². The van der Waals surface area contributed by atoms with Crippen molar-refractivity contribution in [3.8, 4) is 0 Å². The molecule has 1 aliphatic rings. The summed E-state index contributed by atoms with van der Waals surface area (Å²) in [5.74, 6) is -0.947. The molecule has 124 valence electrons. The van der Waals surface area contributed by atoms with Crippen molar-refractivity contribution in [3.63, 3.8) is 0 Å². The number of hydrogen-bond donors (Lipinski definition) is 2. The molecule has 0 radical (unpaired) electrons. The van der Waals surface area contributed by atoms with Gasteiger partial charge in [0.05, 0.1) is 6.42 Å². The van der Waals surface area contributed by atoms with Crippen LogP contribution >= 0.6 is 0 Å². The number of carbonyl (C=O) groups is 1. The minimum absolute atomic E-state index is 0.141. The minimum Gasteiger partial charge on any atom is -0.481 e. The highest BCUT2D eigenvalue weighted by molar-refractivity contribution is 7.87. The molecule has 1 fully saturated rings. The van der Waals surface area contributed by atoms with E-state index in [2.05, 4.69) is 4.72 Å². The molecule has 0 heterocycles. The molecule has 0 saturated heterocycles. The molecule has 0 aromatic rings. The largest absolute Gasteiger partial charge is 0.481 e. The maximum absolute atomic E-state index is 12.6. The summed E-state index contributed by atoms with van der Waals surface area (Å²) in [6.07, 6.45) is 5.33. The highest BCUT2D eigenvalue weighted by atomic mass is 32.2. The first-order valence-corrected chi connectivity index (χ1v) is 9.30. The number of nitrogens with zero attached hydrogens (tertiary/aromatic N) is 1. The van der Waals surface area contributed by atoms with E-state index in [1.165, 1.54) is 4.31 Å². The van der Waals surface area contributed by atoms with Gasteiger partial charge in [0.15, 0.2) is 0 Å². The van der Waals surface area contributed by atoms with Crippen LogP contribution < -0.4 is 4.72 Å². The summed E-state index contributed by atoms with van der Waals surface area (Å²) in [7, 11) is -3.63. The maximum atomic E-state index is 12.6. The van der Waals surface area contributed by atoms with Crippen molar-refractivity contribution < 1.29 is 18.3 Å². The number of carboxylic acid groups (broad SMARTS) is 1. The van der Waals surface area contributed by atoms with Gasteiger partial charge in [-0.2, -0.15) is 17.4 Å². The molecule has 0 aromatic heterocycles. The minimum atomic E-state index is -3.63. The Morgan fingerprint density at radius 2 is 1.67 bits per heavy atom. The molecule has 0 bridgehead atoms. The van der Waals surface area contributed by atoms with Gasteiger partial charge in [-0.25, -0.2) is 0 Å². The van der Waals surface area contributed by atoms with Gasteiger partial charge >= 0.3 is 5.97 Å². The van der Waals surface area contributed by atoms with Crippen LogP contribution in [0, 0.1) is 0 Å². The Morgan fingerprint density at radius 3 is 2.10 bits per heavy atom. The van der Waals surface area contributed by atoms with E-state index in [1.807, 2.05) is 13.8 Å². The molecular weight excluding hydrogens is 292 g/mol. The highest BCUT2D eigenvalue weighted by Gasteiger charge is 2.39. The van der Waals surface area contributed by atoms with Crippen LogP contribution in [-0.2, 0) is 15.0 Å². The molecule has 0 aliphatic heterocycles. The number of nitrogens with one attached hydrogen (secondary N) is 1. The van der Waals surface area contributed by atoms with Gasteiger partial charge in [-0.15, -0.1) is 0 Å². The molecule has 21 heavy (non-hydrogen) atoms. The molecule has 1 rings (SSSR count). The van der Waals surface area contributed by atoms with E-state index in [4.69, 9.17) is 5.11 Å². The van der Waals surface area contributed by atoms with E-state index in [0.29, 0.717) is 25.9 Å². The van der Waals surface area contributed by atoms with Crippen LogP contribution in [0.2, 0.25) is 0 Å². The Bertz CT molecular complexity index is 424. The second kappa shape index (κ2) is 8.10. The van der Waals surface area contributed by atoms with Crippen molar-refractivity contribution in [1.82, 2.24) is 9.03 Å². The smallest absolute Gasteiger partial charge is 0.305 e. The Balaban J connectivity index is 2.91. The lowest BCUT2D eigenvalue weighted by Crippen LogP contribution is -2.55. The summed E-state index contributed by atoms with van der Waals surface area (Å²) >= 11 is 0. The summed E-state index contributed by atoms with van der Waals surface area (Å²) in [6.45, 7) is 4.80. The molecule has 1 aliphatic carbocycles. The van der Waals surface area contributed by atoms with E-state index in [0.717, 1.165) is 32.1 Å². The van der Waals surface area contributed by atoms with Gasteiger partial charge < -0.3 is 5.11 Å². The molecule has 7 heteroatoms. The fourth-order valence-electron chi connectivity index (χ4n) is 3.02. The Morgan fingerprint density at radius 1 is 1.14 bits per heavy atom. The van der Waals surface area contributed by atoms with Crippen molar-refractivity contribution in [2.75, 3.05) is 13.1 Å². The van der Waals surface area contributed by atoms with Gasteiger partial charge in [0.2, 0.25) is 0 Å². The van der Waals surface area contributed by atoms with Crippen LogP contribution in [0.25, 0.3) is 0 Å². The molecule has 0 amide bonds. The van der Waals surface area contributed by atoms with E-state index in [-0.39, 0.29) is 6.42 Å². The average molecular weight is 320 g/mol. The topological polar surface area (TPSA) is 86.7 Å². The second-order valence-electron chi connectivity index (χ2n) is 5.92. The third kappa shape index (κ3) is 5.56. The van der Waals surface area contributed by atoms with Gasteiger partial charge in [0.25, 0.3) is 10.2 Å². The van der Waals surface area contributed by atoms with Gasteiger partial charge in [-0.1, -0.05) is 33.1 Å². The molecule has 0 unspecified atom stereocenters. The average Bonchev–Trinajstić information content (AvgIpc) is 2.37. The lowest BCUT2D eigenvalue weighted by molar-refractivity contribution is -0.138. The van der Waals surface area contributed by atoms with Crippen molar-refractivity contribution in [1.29, 1.82) is 0 Å². The molecular formula is C14H28N2O4S. The zero-order valence-electron chi connectivity index (χ0n) is 13.1. The summed E-state index contributed by atoms with van der Waals surface area (Å²) in [4.78, 5) is 11.1. The highest BCUT2D eigenvalue weighted by Crippen LogP contribution is 2.32. The SMILES string of the molecule is CCCN(CCC)S(=O)(=O)NC1(CC(=O)O)CCCCC1. The molecule has 0 aromatic carbocycles. The number of rotatable bonds is 9. The van der Waals surface area contributed by atoms with Gasteiger partial charge in [0, 0.05) is 18.6 Å². The normalized spacial score (nSPS) is 18.8. The number of aliphatic carboxylic acids is 1. The zero-order chi connectivity index (χ0) is 15.9. The lowest BCUT2D eigenvalue weighted by atomic mass is 9.80. The van der Waals surface area contributed by atoms with E-state index < -0.39 is 21.7 Å². The second-order valence-corrected chi connectivity index (χ2v) is 7.59. The van der Waals surface area contributed by atoms with Crippen molar-refractivity contribution in [2.45, 2.75) is 70.8 Å². The summed E-state index contributed by atoms with van der Waals surface area (Å²) in [5, 5.41) is 9.12. The molecule has 2 N–H and O–H groups in total. The van der Waals surface area contributed by atoms with Gasteiger partial charge in [0.1, 0.15) is 0 Å². The monoisotopic (exact) mass is 320 g/mol. The summed E-state index contributed by atoms with van der Waals surface area (Å²) in [6, 6.07) is 0. The fraction of sp³-hybridized carbons (Fsp3) is 0.929. The lowest BCUT2D eigenvalue weighted by Gasteiger charge is -2.38. The number of carboxylic acids is 1. The van der Waals surface area contributed by atoms with Crippen LogP contribution in [0.4, 0.5) is 0 Å². The Hall–Kier alpha value is -0.660. The first-order valence-electron chi connectivity index (χ1n) is 7.86. The van der Waals surface area contributed by atoms with Gasteiger partial charge in [-0.05, 0) is 25.7 Å². The number of hydrogen-bond acceptors (Lipinski definition) is 3. The maximum Gasteiger partial charge on any atom is 0.305 e.